The molecule has 6 heavy (non-hydrogen) atoms. The van der Waals surface area contributed by atoms with Gasteiger partial charge in [-0.05, 0) is 0 Å². The first-order valence-corrected chi connectivity index (χ1v) is 0. The van der Waals surface area contributed by atoms with Crippen LogP contribution in [0.4, 0.5) is 0 Å². The van der Waals surface area contributed by atoms with E-state index >= 15 is 0 Å². The maximum atomic E-state index is 0. The first kappa shape index (κ1) is 195. The molecular formula is H9NaO4S. The van der Waals surface area contributed by atoms with Crippen molar-refractivity contribution in [1.29, 1.82) is 0 Å². The minimum atomic E-state index is 0. The van der Waals surface area contributed by atoms with E-state index in [1.807, 2.05) is 0 Å². The Morgan fingerprint density at radius 2 is 0.500 bits per heavy atom. The van der Waals surface area contributed by atoms with Crippen molar-refractivity contribution in [2.75, 3.05) is 0 Å². The van der Waals surface area contributed by atoms with E-state index in [1.54, 1.807) is 0 Å². The third-order valence-corrected chi connectivity index (χ3v) is 0. The molecule has 0 saturated heterocycles. The Morgan fingerprint density at radius 1 is 0.500 bits per heavy atom. The summed E-state index contributed by atoms with van der Waals surface area (Å²) < 4.78 is 0. The molecule has 0 aromatic heterocycles. The van der Waals surface area contributed by atoms with Crippen molar-refractivity contribution in [3.05, 3.63) is 0 Å². The summed E-state index contributed by atoms with van der Waals surface area (Å²) in [5.74, 6) is 0. The van der Waals surface area contributed by atoms with Gasteiger partial charge in [-0.25, -0.2) is 0 Å². The molecule has 0 aliphatic carbocycles. The standard InChI is InChI=1S/Na.4H2O.H2S/h;5*1H2/q+1;;;;;/p-1. The molecule has 40 valence electrons. The van der Waals surface area contributed by atoms with Crippen LogP contribution in [0.3, 0.4) is 0 Å². The maximum absolute atomic E-state index is 0. The van der Waals surface area contributed by atoms with Crippen molar-refractivity contribution in [3.63, 3.8) is 0 Å². The predicted molar refractivity (Wildman–Crippen MR) is 23.2 cm³/mol. The number of thiol groups is 1. The van der Waals surface area contributed by atoms with Gasteiger partial charge in [-0.1, -0.05) is 0 Å². The van der Waals surface area contributed by atoms with Gasteiger partial charge < -0.3 is 35.4 Å². The van der Waals surface area contributed by atoms with Crippen LogP contribution in [-0.2, 0) is 13.5 Å². The van der Waals surface area contributed by atoms with Crippen molar-refractivity contribution >= 4 is 13.5 Å². The van der Waals surface area contributed by atoms with Crippen molar-refractivity contribution in [3.8, 4) is 0 Å². The van der Waals surface area contributed by atoms with Gasteiger partial charge in [0.15, 0.2) is 0 Å². The number of rotatable bonds is 0. The van der Waals surface area contributed by atoms with Crippen LogP contribution in [0, 0.1) is 0 Å². The fourth-order valence-corrected chi connectivity index (χ4v) is 0. The van der Waals surface area contributed by atoms with Gasteiger partial charge in [-0.2, -0.15) is 0 Å². The third kappa shape index (κ3) is 64.3. The van der Waals surface area contributed by atoms with Gasteiger partial charge in [0, 0.05) is 0 Å². The molecule has 0 spiro atoms. The van der Waals surface area contributed by atoms with E-state index in [0.717, 1.165) is 0 Å². The van der Waals surface area contributed by atoms with Crippen LogP contribution in [0.5, 0.6) is 0 Å². The van der Waals surface area contributed by atoms with Gasteiger partial charge in [0.05, 0.1) is 0 Å². The molecule has 0 heterocycles. The SMILES string of the molecule is O.O.O.O.[Na+].[SH-]. The molecule has 0 fully saturated rings. The van der Waals surface area contributed by atoms with Crippen molar-refractivity contribution < 1.29 is 51.5 Å². The summed E-state index contributed by atoms with van der Waals surface area (Å²) in [5.41, 5.74) is 0. The van der Waals surface area contributed by atoms with Crippen LogP contribution in [0.2, 0.25) is 0 Å². The average molecular weight is 128 g/mol. The Labute approximate surface area is 64.9 Å². The summed E-state index contributed by atoms with van der Waals surface area (Å²) in [6, 6.07) is 0. The maximum Gasteiger partial charge on any atom is 1.00 e. The molecule has 0 aromatic rings. The molecule has 0 rings (SSSR count). The molecule has 4 nitrogen and oxygen atoms in total. The van der Waals surface area contributed by atoms with Crippen LogP contribution in [0.15, 0.2) is 0 Å². The molecule has 8 N–H and O–H groups in total. The second-order valence-electron chi connectivity index (χ2n) is 0. The van der Waals surface area contributed by atoms with E-state index in [-0.39, 0.29) is 65.0 Å². The molecule has 6 heteroatoms. The van der Waals surface area contributed by atoms with Crippen LogP contribution in [-0.4, -0.2) is 21.9 Å². The fourth-order valence-electron chi connectivity index (χ4n) is 0. The number of hydrogen-bond acceptors (Lipinski definition) is 1. The molecule has 0 aliphatic rings. The molecular weight excluding hydrogens is 119 g/mol. The van der Waals surface area contributed by atoms with Gasteiger partial charge in [-0.3, -0.25) is 0 Å². The zero-order chi connectivity index (χ0) is 0. The first-order chi connectivity index (χ1) is 0. The topological polar surface area (TPSA) is 126 Å². The molecule has 0 unspecified atom stereocenters. The van der Waals surface area contributed by atoms with Gasteiger partial charge in [-0.15, -0.1) is 0 Å². The minimum Gasteiger partial charge on any atom is -0.813 e. The zero-order valence-corrected chi connectivity index (χ0v) is 6.34. The molecule has 0 aromatic carbocycles. The van der Waals surface area contributed by atoms with Crippen LogP contribution >= 0.6 is 0 Å². The van der Waals surface area contributed by atoms with Crippen LogP contribution in [0.1, 0.15) is 0 Å². The van der Waals surface area contributed by atoms with E-state index in [0.29, 0.717) is 0 Å². The smallest absolute Gasteiger partial charge is 0.813 e. The predicted octanol–water partition coefficient (Wildman–Crippen LogP) is -6.56. The van der Waals surface area contributed by atoms with Crippen molar-refractivity contribution in [2.45, 2.75) is 0 Å². The third-order valence-electron chi connectivity index (χ3n) is 0. The second kappa shape index (κ2) is 118. The summed E-state index contributed by atoms with van der Waals surface area (Å²) in [4.78, 5) is 0. The molecule has 0 amide bonds. The Kier molecular flexibility index (Phi) is 3820. The van der Waals surface area contributed by atoms with Crippen LogP contribution < -0.4 is 29.6 Å². The van der Waals surface area contributed by atoms with Gasteiger partial charge in [0.1, 0.15) is 0 Å². The van der Waals surface area contributed by atoms with E-state index in [2.05, 4.69) is 0 Å². The quantitative estimate of drug-likeness (QED) is 0.179. The monoisotopic (exact) mass is 128 g/mol. The Hall–Kier alpha value is 1.19. The molecule has 0 bridgehead atoms. The molecule has 0 atom stereocenters. The fraction of sp³-hybridized carbons (Fsp3) is 0. The van der Waals surface area contributed by atoms with Crippen LogP contribution in [0.25, 0.3) is 0 Å². The zero-order valence-electron chi connectivity index (χ0n) is 3.45. The molecule has 0 aliphatic heterocycles. The summed E-state index contributed by atoms with van der Waals surface area (Å²) in [5, 5.41) is 0. The van der Waals surface area contributed by atoms with E-state index in [4.69, 9.17) is 0 Å². The Morgan fingerprint density at radius 3 is 0.500 bits per heavy atom. The summed E-state index contributed by atoms with van der Waals surface area (Å²) >= 11 is 0. The molecule has 0 saturated carbocycles. The Bertz CT molecular complexity index is 7.51. The summed E-state index contributed by atoms with van der Waals surface area (Å²) in [7, 11) is 0. The largest absolute Gasteiger partial charge is 1.00 e. The average Bonchev–Trinajstić information content (AvgIpc) is 0. The Balaban J connectivity index is 0. The van der Waals surface area contributed by atoms with E-state index in [1.165, 1.54) is 0 Å². The van der Waals surface area contributed by atoms with Crippen molar-refractivity contribution in [2.24, 2.45) is 0 Å². The van der Waals surface area contributed by atoms with E-state index in [9.17, 15) is 0 Å². The molecule has 0 radical (unpaired) electrons. The first-order valence-electron chi connectivity index (χ1n) is 0. The van der Waals surface area contributed by atoms with Gasteiger partial charge in [0.25, 0.3) is 0 Å². The second-order valence-corrected chi connectivity index (χ2v) is 0. The summed E-state index contributed by atoms with van der Waals surface area (Å²) in [6.07, 6.45) is 0. The normalized spacial score (nSPS) is 0. The van der Waals surface area contributed by atoms with E-state index < -0.39 is 0 Å². The van der Waals surface area contributed by atoms with Gasteiger partial charge >= 0.3 is 29.6 Å². The number of hydrogen-bond donors (Lipinski definition) is 0. The van der Waals surface area contributed by atoms with Crippen molar-refractivity contribution in [1.82, 2.24) is 0 Å². The minimum absolute atomic E-state index is 0. The summed E-state index contributed by atoms with van der Waals surface area (Å²) in [6.45, 7) is 0. The van der Waals surface area contributed by atoms with Gasteiger partial charge in [0.2, 0.25) is 0 Å².